The highest BCUT2D eigenvalue weighted by Crippen LogP contribution is 2.27. The van der Waals surface area contributed by atoms with E-state index in [9.17, 15) is 18.7 Å². The van der Waals surface area contributed by atoms with Gasteiger partial charge in [0.25, 0.3) is 0 Å². The second-order valence-corrected chi connectivity index (χ2v) is 2.62. The fourth-order valence-corrected chi connectivity index (χ4v) is 0.721. The van der Waals surface area contributed by atoms with Crippen LogP contribution in [0.15, 0.2) is 0 Å². The molecule has 5 heteroatoms. The second kappa shape index (κ2) is 3.00. The van der Waals surface area contributed by atoms with E-state index >= 15 is 0 Å². The minimum Gasteiger partial charge on any atom is -0.543 e. The first kappa shape index (κ1) is 8.68. The lowest BCUT2D eigenvalue weighted by atomic mass is 10.7. The number of carboxylic acid groups (broad SMARTS) is 1. The topological polar surface area (TPSA) is 40.1 Å². The fraction of sp³-hybridized carbons (Fsp3) is 0.750. The first-order chi connectivity index (χ1) is 4.00. The van der Waals surface area contributed by atoms with Gasteiger partial charge in [0.05, 0.1) is 0 Å². The van der Waals surface area contributed by atoms with Crippen LogP contribution in [0.4, 0.5) is 8.78 Å². The molecule has 0 aliphatic rings. The van der Waals surface area contributed by atoms with E-state index in [1.165, 1.54) is 6.92 Å². The van der Waals surface area contributed by atoms with Gasteiger partial charge in [0.1, 0.15) is 5.97 Å². The van der Waals surface area contributed by atoms with E-state index in [4.69, 9.17) is 0 Å². The Morgan fingerprint density at radius 2 is 2.22 bits per heavy atom. The molecule has 0 spiro atoms. The molecule has 0 atom stereocenters. The number of thioether (sulfide) groups is 1. The summed E-state index contributed by atoms with van der Waals surface area (Å²) < 4.78 is 23.7. The quantitative estimate of drug-likeness (QED) is 0.579. The molecule has 54 valence electrons. The van der Waals surface area contributed by atoms with Crippen LogP contribution in [-0.2, 0) is 4.79 Å². The van der Waals surface area contributed by atoms with Crippen LogP contribution in [0.25, 0.3) is 0 Å². The molecule has 0 unspecified atom stereocenters. The summed E-state index contributed by atoms with van der Waals surface area (Å²) in [4.78, 5) is 9.53. The molecule has 2 nitrogen and oxygen atoms in total. The molecule has 0 aromatic rings. The third-order valence-electron chi connectivity index (χ3n) is 0.563. The number of carboxylic acids is 1. The van der Waals surface area contributed by atoms with Crippen LogP contribution in [-0.4, -0.2) is 17.0 Å². The van der Waals surface area contributed by atoms with E-state index in [2.05, 4.69) is 0 Å². The predicted molar refractivity (Wildman–Crippen MR) is 28.1 cm³/mol. The van der Waals surface area contributed by atoms with Crippen molar-refractivity contribution in [3.05, 3.63) is 0 Å². The van der Waals surface area contributed by atoms with Crippen LogP contribution in [0.2, 0.25) is 0 Å². The van der Waals surface area contributed by atoms with Gasteiger partial charge in [-0.1, -0.05) is 18.7 Å². The zero-order valence-corrected chi connectivity index (χ0v) is 5.50. The van der Waals surface area contributed by atoms with Crippen molar-refractivity contribution in [1.29, 1.82) is 0 Å². The highest BCUT2D eigenvalue weighted by Gasteiger charge is 2.30. The molecule has 9 heavy (non-hydrogen) atoms. The van der Waals surface area contributed by atoms with E-state index in [-0.39, 0.29) is 17.5 Å². The van der Waals surface area contributed by atoms with Crippen LogP contribution in [0, 0.1) is 0 Å². The Hall–Kier alpha value is -0.320. The molecule has 0 heterocycles. The van der Waals surface area contributed by atoms with Crippen LogP contribution < -0.4 is 5.11 Å². The molecular weight excluding hydrogens is 150 g/mol. The summed E-state index contributed by atoms with van der Waals surface area (Å²) in [5.74, 6) is -2.27. The standard InChI is InChI=1S/C4H6F2O2S/c1-2-9-4(5,6)3(7)8/h2H2,1H3,(H,7,8)/p-1. The lowest BCUT2D eigenvalue weighted by Gasteiger charge is -2.14. The maximum absolute atomic E-state index is 11.8. The van der Waals surface area contributed by atoms with Gasteiger partial charge in [-0.3, -0.25) is 0 Å². The van der Waals surface area contributed by atoms with E-state index in [1.54, 1.807) is 0 Å². The zero-order valence-electron chi connectivity index (χ0n) is 4.69. The summed E-state index contributed by atoms with van der Waals surface area (Å²) in [5, 5.41) is 5.80. The average Bonchev–Trinajstić information content (AvgIpc) is 1.65. The average molecular weight is 155 g/mol. The smallest absolute Gasteiger partial charge is 0.333 e. The second-order valence-electron chi connectivity index (χ2n) is 1.24. The lowest BCUT2D eigenvalue weighted by Crippen LogP contribution is -2.38. The first-order valence-corrected chi connectivity index (χ1v) is 3.22. The van der Waals surface area contributed by atoms with Gasteiger partial charge in [-0.15, -0.1) is 0 Å². The van der Waals surface area contributed by atoms with Crippen LogP contribution in [0.3, 0.4) is 0 Å². The molecule has 0 aromatic heterocycles. The number of hydrogen-bond acceptors (Lipinski definition) is 3. The maximum atomic E-state index is 11.8. The molecule has 0 aromatic carbocycles. The van der Waals surface area contributed by atoms with Crippen molar-refractivity contribution < 1.29 is 18.7 Å². The molecule has 0 aliphatic heterocycles. The monoisotopic (exact) mass is 155 g/mol. The molecule has 0 N–H and O–H groups in total. The van der Waals surface area contributed by atoms with Gasteiger partial charge in [-0.2, -0.15) is 8.78 Å². The molecule has 0 saturated heterocycles. The van der Waals surface area contributed by atoms with E-state index < -0.39 is 11.2 Å². The molecule has 0 aliphatic carbocycles. The Morgan fingerprint density at radius 1 is 1.78 bits per heavy atom. The van der Waals surface area contributed by atoms with Crippen molar-refractivity contribution in [1.82, 2.24) is 0 Å². The number of hydrogen-bond donors (Lipinski definition) is 0. The van der Waals surface area contributed by atoms with Gasteiger partial charge in [-0.25, -0.2) is 0 Å². The van der Waals surface area contributed by atoms with Gasteiger partial charge in [0.15, 0.2) is 0 Å². The molecule has 0 saturated carbocycles. The Kier molecular flexibility index (Phi) is 2.90. The normalized spacial score (nSPS) is 11.4. The fourth-order valence-electron chi connectivity index (χ4n) is 0.240. The molecule has 0 fully saturated rings. The van der Waals surface area contributed by atoms with Crippen molar-refractivity contribution >= 4 is 17.7 Å². The first-order valence-electron chi connectivity index (χ1n) is 2.24. The van der Waals surface area contributed by atoms with Gasteiger partial charge in [0.2, 0.25) is 0 Å². The van der Waals surface area contributed by atoms with Crippen LogP contribution >= 0.6 is 11.8 Å². The van der Waals surface area contributed by atoms with Gasteiger partial charge < -0.3 is 9.90 Å². The third kappa shape index (κ3) is 2.64. The Morgan fingerprint density at radius 3 is 2.33 bits per heavy atom. The van der Waals surface area contributed by atoms with Gasteiger partial charge >= 0.3 is 5.25 Å². The zero-order chi connectivity index (χ0) is 7.49. The number of carbonyl (C=O) groups excluding carboxylic acids is 1. The van der Waals surface area contributed by atoms with Crippen molar-refractivity contribution in [3.8, 4) is 0 Å². The largest absolute Gasteiger partial charge is 0.543 e. The molecule has 0 bridgehead atoms. The summed E-state index contributed by atoms with van der Waals surface area (Å²) in [6, 6.07) is 0. The number of alkyl halides is 2. The highest BCUT2D eigenvalue weighted by atomic mass is 32.2. The number of halogens is 2. The van der Waals surface area contributed by atoms with Gasteiger partial charge in [0, 0.05) is 0 Å². The highest BCUT2D eigenvalue weighted by molar-refractivity contribution is 8.00. The van der Waals surface area contributed by atoms with Crippen molar-refractivity contribution in [3.63, 3.8) is 0 Å². The van der Waals surface area contributed by atoms with Gasteiger partial charge in [-0.05, 0) is 5.75 Å². The summed E-state index contributed by atoms with van der Waals surface area (Å²) in [7, 11) is 0. The molecule has 0 rings (SSSR count). The lowest BCUT2D eigenvalue weighted by molar-refractivity contribution is -0.320. The van der Waals surface area contributed by atoms with Crippen LogP contribution in [0.5, 0.6) is 0 Å². The Labute approximate surface area is 55.2 Å². The number of aliphatic carboxylic acids is 1. The van der Waals surface area contributed by atoms with Crippen molar-refractivity contribution in [2.24, 2.45) is 0 Å². The summed E-state index contributed by atoms with van der Waals surface area (Å²) in [6.45, 7) is 1.45. The number of carbonyl (C=O) groups is 1. The van der Waals surface area contributed by atoms with Crippen molar-refractivity contribution in [2.75, 3.05) is 5.75 Å². The number of rotatable bonds is 3. The predicted octanol–water partition coefficient (Wildman–Crippen LogP) is 0.0822. The summed E-state index contributed by atoms with van der Waals surface area (Å²) in [5.41, 5.74) is 0. The molecule has 0 amide bonds. The Bertz CT molecular complexity index is 115. The van der Waals surface area contributed by atoms with Crippen molar-refractivity contribution in [2.45, 2.75) is 12.2 Å². The SMILES string of the molecule is CCSC(F)(F)C(=O)[O-]. The minimum atomic E-state index is -3.73. The summed E-state index contributed by atoms with van der Waals surface area (Å²) in [6.07, 6.45) is 0. The van der Waals surface area contributed by atoms with Crippen LogP contribution in [0.1, 0.15) is 6.92 Å². The Balaban J connectivity index is 3.85. The van der Waals surface area contributed by atoms with E-state index in [1.807, 2.05) is 0 Å². The van der Waals surface area contributed by atoms with E-state index in [0.29, 0.717) is 0 Å². The maximum Gasteiger partial charge on any atom is 0.333 e. The molecular formula is C4H5F2O2S-. The van der Waals surface area contributed by atoms with E-state index in [0.717, 1.165) is 0 Å². The third-order valence-corrected chi connectivity index (χ3v) is 1.38. The summed E-state index contributed by atoms with van der Waals surface area (Å²) >= 11 is 0.0463. The molecule has 0 radical (unpaired) electrons. The minimum absolute atomic E-state index is 0.0463.